The molecule has 0 aromatic heterocycles. The average Bonchev–Trinajstić information content (AvgIpc) is 2.91. The Balaban J connectivity index is 1.73. The smallest absolute Gasteiger partial charge is 0.262 e. The van der Waals surface area contributed by atoms with Gasteiger partial charge >= 0.3 is 0 Å². The molecular weight excluding hydrogens is 366 g/mol. The Morgan fingerprint density at radius 3 is 2.54 bits per heavy atom. The molecule has 28 heavy (non-hydrogen) atoms. The Morgan fingerprint density at radius 2 is 1.75 bits per heavy atom. The van der Waals surface area contributed by atoms with E-state index in [0.29, 0.717) is 18.6 Å². The molecule has 8 nitrogen and oxygen atoms in total. The molecule has 0 spiro atoms. The van der Waals surface area contributed by atoms with Gasteiger partial charge in [0.15, 0.2) is 5.78 Å². The quantitative estimate of drug-likeness (QED) is 0.550. The van der Waals surface area contributed by atoms with E-state index in [1.165, 1.54) is 12.1 Å². The molecule has 0 bridgehead atoms. The van der Waals surface area contributed by atoms with E-state index in [1.54, 1.807) is 6.07 Å². The number of hydrogen-bond donors (Lipinski definition) is 1. The summed E-state index contributed by atoms with van der Waals surface area (Å²) in [5, 5.41) is 8.66. The van der Waals surface area contributed by atoms with Crippen LogP contribution in [-0.2, 0) is 14.3 Å². The van der Waals surface area contributed by atoms with Crippen LogP contribution in [-0.4, -0.2) is 65.9 Å². The van der Waals surface area contributed by atoms with Crippen molar-refractivity contribution in [2.24, 2.45) is 0 Å². The third-order valence-corrected chi connectivity index (χ3v) is 4.88. The highest BCUT2D eigenvalue weighted by atomic mass is 16.5. The molecule has 1 atom stereocenters. The van der Waals surface area contributed by atoms with Gasteiger partial charge in [0, 0.05) is 19.3 Å². The number of amides is 2. The molecule has 1 N–H and O–H groups in total. The third-order valence-electron chi connectivity index (χ3n) is 4.88. The molecule has 1 saturated carbocycles. The topological polar surface area (TPSA) is 110 Å². The summed E-state index contributed by atoms with van der Waals surface area (Å²) in [4.78, 5) is 50.9. The maximum absolute atomic E-state index is 12.9. The van der Waals surface area contributed by atoms with Crippen LogP contribution in [0.15, 0.2) is 18.2 Å². The molecular formula is C20H23NO7. The van der Waals surface area contributed by atoms with Crippen LogP contribution in [0.5, 0.6) is 5.75 Å². The Bertz CT molecular complexity index is 789. The molecule has 150 valence electrons. The molecule has 1 aromatic rings. The van der Waals surface area contributed by atoms with Gasteiger partial charge in [0.05, 0.1) is 37.0 Å². The van der Waals surface area contributed by atoms with Crippen molar-refractivity contribution in [1.29, 1.82) is 0 Å². The largest absolute Gasteiger partial charge is 0.491 e. The summed E-state index contributed by atoms with van der Waals surface area (Å²) < 4.78 is 10.6. The fourth-order valence-corrected chi connectivity index (χ4v) is 3.48. The maximum atomic E-state index is 12.9. The standard InChI is InChI=1S/C20H23NO7/c22-8-9-27-10-11-28-14-5-6-15-16(12-14)20(26)21(19(15)25)17-7-4-13(23)2-1-3-18(17)24/h5-6,12,17,22H,1-4,7-11H2. The van der Waals surface area contributed by atoms with E-state index in [9.17, 15) is 19.2 Å². The van der Waals surface area contributed by atoms with Crippen LogP contribution in [0, 0.1) is 0 Å². The minimum atomic E-state index is -0.895. The lowest BCUT2D eigenvalue weighted by molar-refractivity contribution is -0.125. The Labute approximate surface area is 162 Å². The molecule has 2 amide bonds. The van der Waals surface area contributed by atoms with Crippen LogP contribution in [0.4, 0.5) is 0 Å². The van der Waals surface area contributed by atoms with Gasteiger partial charge in [0.25, 0.3) is 11.8 Å². The maximum Gasteiger partial charge on any atom is 0.262 e. The zero-order valence-corrected chi connectivity index (χ0v) is 15.5. The lowest BCUT2D eigenvalue weighted by atomic mass is 9.94. The van der Waals surface area contributed by atoms with Gasteiger partial charge in [-0.1, -0.05) is 0 Å². The molecule has 0 radical (unpaired) electrons. The van der Waals surface area contributed by atoms with E-state index < -0.39 is 17.9 Å². The van der Waals surface area contributed by atoms with Gasteiger partial charge < -0.3 is 14.6 Å². The van der Waals surface area contributed by atoms with E-state index in [-0.39, 0.29) is 68.4 Å². The SMILES string of the molecule is O=C1CCCC(=O)C(N2C(=O)c3ccc(OCCOCCO)cc3C2=O)CC1. The van der Waals surface area contributed by atoms with Gasteiger partial charge in [0.2, 0.25) is 0 Å². The van der Waals surface area contributed by atoms with Gasteiger partial charge in [-0.15, -0.1) is 0 Å². The van der Waals surface area contributed by atoms with Crippen LogP contribution >= 0.6 is 0 Å². The zero-order chi connectivity index (χ0) is 20.1. The minimum Gasteiger partial charge on any atom is -0.491 e. The summed E-state index contributed by atoms with van der Waals surface area (Å²) in [6.45, 7) is 0.652. The number of rotatable bonds is 7. The molecule has 1 aliphatic heterocycles. The lowest BCUT2D eigenvalue weighted by Gasteiger charge is -2.26. The normalized spacial score (nSPS) is 20.2. The molecule has 1 aliphatic carbocycles. The monoisotopic (exact) mass is 389 g/mol. The van der Waals surface area contributed by atoms with Crippen LogP contribution in [0.25, 0.3) is 0 Å². The number of aliphatic hydroxyl groups is 1. The summed E-state index contributed by atoms with van der Waals surface area (Å²) in [5.41, 5.74) is 0.426. The number of Topliss-reactive ketones (excluding diaryl/α,β-unsaturated/α-hetero) is 2. The highest BCUT2D eigenvalue weighted by Crippen LogP contribution is 2.30. The molecule has 1 heterocycles. The summed E-state index contributed by atoms with van der Waals surface area (Å²) in [7, 11) is 0. The van der Waals surface area contributed by atoms with Crippen molar-refractivity contribution in [1.82, 2.24) is 4.90 Å². The first kappa shape index (κ1) is 20.2. The number of ether oxygens (including phenoxy) is 2. The van der Waals surface area contributed by atoms with E-state index in [1.807, 2.05) is 0 Å². The molecule has 1 aromatic carbocycles. The lowest BCUT2D eigenvalue weighted by Crippen LogP contribution is -2.45. The number of fused-ring (bicyclic) bond motifs is 1. The number of hydrogen-bond acceptors (Lipinski definition) is 7. The van der Waals surface area contributed by atoms with Gasteiger partial charge in [0.1, 0.15) is 18.1 Å². The number of ketones is 2. The second-order valence-electron chi connectivity index (χ2n) is 6.79. The van der Waals surface area contributed by atoms with Crippen molar-refractivity contribution in [3.8, 4) is 5.75 Å². The first-order chi connectivity index (χ1) is 13.5. The highest BCUT2D eigenvalue weighted by molar-refractivity contribution is 6.23. The molecule has 1 unspecified atom stereocenters. The van der Waals surface area contributed by atoms with Crippen molar-refractivity contribution < 1.29 is 33.8 Å². The minimum absolute atomic E-state index is 0.0493. The van der Waals surface area contributed by atoms with Crippen molar-refractivity contribution >= 4 is 23.4 Å². The van der Waals surface area contributed by atoms with Gasteiger partial charge in [-0.2, -0.15) is 0 Å². The van der Waals surface area contributed by atoms with Crippen molar-refractivity contribution in [2.45, 2.75) is 38.1 Å². The summed E-state index contributed by atoms with van der Waals surface area (Å²) in [6, 6.07) is 3.69. The molecule has 2 aliphatic rings. The van der Waals surface area contributed by atoms with Gasteiger partial charge in [-0.25, -0.2) is 0 Å². The molecule has 8 heteroatoms. The predicted octanol–water partition coefficient (Wildman–Crippen LogP) is 1.14. The number of aliphatic hydroxyl groups excluding tert-OH is 1. The average molecular weight is 389 g/mol. The van der Waals surface area contributed by atoms with E-state index in [2.05, 4.69) is 0 Å². The second kappa shape index (κ2) is 9.07. The first-order valence-corrected chi connectivity index (χ1v) is 9.40. The zero-order valence-electron chi connectivity index (χ0n) is 15.5. The molecule has 1 fully saturated rings. The van der Waals surface area contributed by atoms with Crippen LogP contribution in [0.3, 0.4) is 0 Å². The fourth-order valence-electron chi connectivity index (χ4n) is 3.48. The van der Waals surface area contributed by atoms with Crippen molar-refractivity contribution in [2.75, 3.05) is 26.4 Å². The van der Waals surface area contributed by atoms with E-state index >= 15 is 0 Å². The number of imide groups is 1. The number of carbonyl (C=O) groups excluding carboxylic acids is 4. The number of benzene rings is 1. The van der Waals surface area contributed by atoms with Crippen LogP contribution in [0.2, 0.25) is 0 Å². The second-order valence-corrected chi connectivity index (χ2v) is 6.79. The van der Waals surface area contributed by atoms with Crippen molar-refractivity contribution in [3.05, 3.63) is 29.3 Å². The Morgan fingerprint density at radius 1 is 0.964 bits per heavy atom. The van der Waals surface area contributed by atoms with Gasteiger partial charge in [-0.05, 0) is 31.0 Å². The number of carbonyl (C=O) groups is 4. The summed E-state index contributed by atoms with van der Waals surface area (Å²) in [6.07, 6.45) is 1.36. The summed E-state index contributed by atoms with van der Waals surface area (Å²) in [5.74, 6) is -0.765. The predicted molar refractivity (Wildman–Crippen MR) is 97.2 cm³/mol. The van der Waals surface area contributed by atoms with Crippen LogP contribution in [0.1, 0.15) is 52.8 Å². The summed E-state index contributed by atoms with van der Waals surface area (Å²) >= 11 is 0. The molecule has 0 saturated heterocycles. The molecule has 3 rings (SSSR count). The Kier molecular flexibility index (Phi) is 6.53. The van der Waals surface area contributed by atoms with E-state index in [4.69, 9.17) is 14.6 Å². The van der Waals surface area contributed by atoms with Crippen molar-refractivity contribution in [3.63, 3.8) is 0 Å². The first-order valence-electron chi connectivity index (χ1n) is 9.40. The third kappa shape index (κ3) is 4.28. The van der Waals surface area contributed by atoms with E-state index in [0.717, 1.165) is 4.90 Å². The highest BCUT2D eigenvalue weighted by Gasteiger charge is 2.43. The Hall–Kier alpha value is -2.58. The fraction of sp³-hybridized carbons (Fsp3) is 0.500. The number of nitrogens with zero attached hydrogens (tertiary/aromatic N) is 1. The van der Waals surface area contributed by atoms with Gasteiger partial charge in [-0.3, -0.25) is 24.1 Å². The van der Waals surface area contributed by atoms with Crippen LogP contribution < -0.4 is 4.74 Å².